The van der Waals surface area contributed by atoms with Crippen molar-refractivity contribution in [2.45, 2.75) is 44.1 Å². The smallest absolute Gasteiger partial charge is 0.416 e. The van der Waals surface area contributed by atoms with Crippen molar-refractivity contribution in [2.24, 2.45) is 0 Å². The molecule has 0 amide bonds. The van der Waals surface area contributed by atoms with Crippen LogP contribution in [-0.4, -0.2) is 34.6 Å². The van der Waals surface area contributed by atoms with Crippen LogP contribution in [0.3, 0.4) is 0 Å². The Bertz CT molecular complexity index is 1170. The first-order chi connectivity index (χ1) is 14.7. The molecule has 31 heavy (non-hydrogen) atoms. The van der Waals surface area contributed by atoms with Gasteiger partial charge in [0.15, 0.2) is 11.5 Å². The molecule has 9 heteroatoms. The van der Waals surface area contributed by atoms with E-state index in [0.717, 1.165) is 18.6 Å². The lowest BCUT2D eigenvalue weighted by atomic mass is 10.1. The Balaban J connectivity index is 1.89. The molecule has 3 aromatic rings. The summed E-state index contributed by atoms with van der Waals surface area (Å²) in [6, 6.07) is 7.92. The summed E-state index contributed by atoms with van der Waals surface area (Å²) in [6.07, 6.45) is -3.34. The maximum atomic E-state index is 13.4. The van der Waals surface area contributed by atoms with E-state index in [-0.39, 0.29) is 12.1 Å². The van der Waals surface area contributed by atoms with E-state index in [1.807, 2.05) is 0 Å². The summed E-state index contributed by atoms with van der Waals surface area (Å²) in [5, 5.41) is 10.4. The zero-order chi connectivity index (χ0) is 22.3. The number of aliphatic hydroxyl groups is 1. The lowest BCUT2D eigenvalue weighted by Gasteiger charge is -2.16. The molecule has 2 atom stereocenters. The predicted molar refractivity (Wildman–Crippen MR) is 109 cm³/mol. The molecule has 1 fully saturated rings. The largest absolute Gasteiger partial charge is 0.493 e. The zero-order valence-electron chi connectivity index (χ0n) is 17.1. The number of ether oxygens (including phenoxy) is 2. The van der Waals surface area contributed by atoms with E-state index in [0.29, 0.717) is 35.4 Å². The molecule has 0 bridgehead atoms. The highest BCUT2D eigenvalue weighted by atomic mass is 19.4. The molecule has 6 nitrogen and oxygen atoms in total. The topological polar surface area (TPSA) is 65.6 Å². The highest BCUT2D eigenvalue weighted by molar-refractivity contribution is 5.77. The van der Waals surface area contributed by atoms with Gasteiger partial charge in [-0.1, -0.05) is 6.07 Å². The molecule has 1 aliphatic carbocycles. The average molecular weight is 436 g/mol. The van der Waals surface area contributed by atoms with Crippen LogP contribution < -0.4 is 15.2 Å². The van der Waals surface area contributed by atoms with Crippen molar-refractivity contribution in [3.05, 3.63) is 58.0 Å². The molecule has 1 N–H and O–H groups in total. The highest BCUT2D eigenvalue weighted by Crippen LogP contribution is 2.35. The van der Waals surface area contributed by atoms with Crippen molar-refractivity contribution in [1.29, 1.82) is 0 Å². The summed E-state index contributed by atoms with van der Waals surface area (Å²) in [4.78, 5) is 13.3. The number of imidazole rings is 1. The first kappa shape index (κ1) is 21.3. The molecule has 1 heterocycles. The van der Waals surface area contributed by atoms with Crippen LogP contribution in [0.25, 0.3) is 11.0 Å². The molecule has 0 saturated heterocycles. The van der Waals surface area contributed by atoms with E-state index in [2.05, 4.69) is 0 Å². The van der Waals surface area contributed by atoms with Gasteiger partial charge in [-0.25, -0.2) is 4.79 Å². The number of benzene rings is 2. The lowest BCUT2D eigenvalue weighted by Crippen LogP contribution is -2.31. The summed E-state index contributed by atoms with van der Waals surface area (Å²) < 4.78 is 53.4. The monoisotopic (exact) mass is 436 g/mol. The standard InChI is InChI=1S/C22H23F3N2O4/c1-30-19-9-6-13(10-20(19)31-2)12-26-17-11-14(22(23,24)25)7-8-15(17)27(21(26)29)16-4-3-5-18(16)28/h6-11,16,18,28H,3-5,12H2,1-2H3/t16-,18-/m0/s1. The molecular weight excluding hydrogens is 413 g/mol. The van der Waals surface area contributed by atoms with Gasteiger partial charge in [0.25, 0.3) is 0 Å². The number of hydrogen-bond acceptors (Lipinski definition) is 4. The zero-order valence-corrected chi connectivity index (χ0v) is 17.1. The second kappa shape index (κ2) is 7.96. The Morgan fingerprint density at radius 3 is 2.39 bits per heavy atom. The maximum Gasteiger partial charge on any atom is 0.416 e. The Morgan fingerprint density at radius 2 is 1.77 bits per heavy atom. The summed E-state index contributed by atoms with van der Waals surface area (Å²) in [6.45, 7) is 0.0484. The second-order valence-electron chi connectivity index (χ2n) is 7.69. The number of aromatic nitrogens is 2. The quantitative estimate of drug-likeness (QED) is 0.657. The summed E-state index contributed by atoms with van der Waals surface area (Å²) in [5.74, 6) is 0.966. The number of methoxy groups -OCH3 is 2. The van der Waals surface area contributed by atoms with E-state index in [1.54, 1.807) is 18.2 Å². The lowest BCUT2D eigenvalue weighted by molar-refractivity contribution is -0.137. The van der Waals surface area contributed by atoms with Gasteiger partial charge in [0.1, 0.15) is 0 Å². The molecule has 166 valence electrons. The van der Waals surface area contributed by atoms with Crippen LogP contribution in [0.1, 0.15) is 36.4 Å². The van der Waals surface area contributed by atoms with Crippen LogP contribution in [0.2, 0.25) is 0 Å². The second-order valence-corrected chi connectivity index (χ2v) is 7.69. The third-order valence-electron chi connectivity index (χ3n) is 5.85. The number of nitrogens with zero attached hydrogens (tertiary/aromatic N) is 2. The first-order valence-corrected chi connectivity index (χ1v) is 9.95. The number of fused-ring (bicyclic) bond motifs is 1. The van der Waals surface area contributed by atoms with Crippen molar-refractivity contribution < 1.29 is 27.8 Å². The van der Waals surface area contributed by atoms with Gasteiger partial charge < -0.3 is 14.6 Å². The molecule has 1 saturated carbocycles. The molecule has 2 aromatic carbocycles. The van der Waals surface area contributed by atoms with Crippen molar-refractivity contribution in [1.82, 2.24) is 9.13 Å². The van der Waals surface area contributed by atoms with Crippen molar-refractivity contribution in [3.8, 4) is 11.5 Å². The van der Waals surface area contributed by atoms with Gasteiger partial charge in [-0.2, -0.15) is 13.2 Å². The van der Waals surface area contributed by atoms with Crippen molar-refractivity contribution in [2.75, 3.05) is 14.2 Å². The molecule has 1 aromatic heterocycles. The minimum atomic E-state index is -4.53. The average Bonchev–Trinajstić information content (AvgIpc) is 3.27. The van der Waals surface area contributed by atoms with Crippen molar-refractivity contribution >= 4 is 11.0 Å². The molecule has 0 unspecified atom stereocenters. The highest BCUT2D eigenvalue weighted by Gasteiger charge is 2.34. The van der Waals surface area contributed by atoms with Crippen LogP contribution in [0.5, 0.6) is 11.5 Å². The fourth-order valence-corrected chi connectivity index (χ4v) is 4.31. The molecule has 0 aliphatic heterocycles. The van der Waals surface area contributed by atoms with E-state index < -0.39 is 29.6 Å². The number of rotatable bonds is 5. The van der Waals surface area contributed by atoms with Gasteiger partial charge in [0.2, 0.25) is 0 Å². The van der Waals surface area contributed by atoms with E-state index >= 15 is 0 Å². The van der Waals surface area contributed by atoms with Gasteiger partial charge in [-0.05, 0) is 55.2 Å². The van der Waals surface area contributed by atoms with Gasteiger partial charge in [-0.3, -0.25) is 9.13 Å². The predicted octanol–water partition coefficient (Wildman–Crippen LogP) is 3.97. The van der Waals surface area contributed by atoms with E-state index in [1.165, 1.54) is 29.4 Å². The Morgan fingerprint density at radius 1 is 1.03 bits per heavy atom. The minimum absolute atomic E-state index is 0.0484. The molecule has 0 spiro atoms. The fraction of sp³-hybridized carbons (Fsp3) is 0.409. The minimum Gasteiger partial charge on any atom is -0.493 e. The molecule has 0 radical (unpaired) electrons. The van der Waals surface area contributed by atoms with Crippen LogP contribution in [-0.2, 0) is 12.7 Å². The number of halogens is 3. The Kier molecular flexibility index (Phi) is 5.47. The fourth-order valence-electron chi connectivity index (χ4n) is 4.31. The maximum absolute atomic E-state index is 13.4. The van der Waals surface area contributed by atoms with Gasteiger partial charge in [-0.15, -0.1) is 0 Å². The normalized spacial score (nSPS) is 19.2. The number of hydrogen-bond donors (Lipinski definition) is 1. The number of alkyl halides is 3. The summed E-state index contributed by atoms with van der Waals surface area (Å²) in [7, 11) is 2.98. The van der Waals surface area contributed by atoms with Crippen LogP contribution in [0.15, 0.2) is 41.2 Å². The first-order valence-electron chi connectivity index (χ1n) is 9.95. The summed E-state index contributed by atoms with van der Waals surface area (Å²) in [5.41, 5.74) is -0.0541. The molecular formula is C22H23F3N2O4. The molecule has 4 rings (SSSR count). The van der Waals surface area contributed by atoms with Crippen LogP contribution in [0.4, 0.5) is 13.2 Å². The van der Waals surface area contributed by atoms with Crippen molar-refractivity contribution in [3.63, 3.8) is 0 Å². The third kappa shape index (κ3) is 3.78. The van der Waals surface area contributed by atoms with Crippen LogP contribution in [0, 0.1) is 0 Å². The van der Waals surface area contributed by atoms with Gasteiger partial charge in [0, 0.05) is 0 Å². The Hall–Kier alpha value is -2.94. The SMILES string of the molecule is COc1ccc(Cn2c(=O)n([C@H]3CCC[C@@H]3O)c3ccc(C(F)(F)F)cc32)cc1OC. The van der Waals surface area contributed by atoms with E-state index in [9.17, 15) is 23.1 Å². The Labute approximate surface area is 176 Å². The summed E-state index contributed by atoms with van der Waals surface area (Å²) >= 11 is 0. The van der Waals surface area contributed by atoms with Gasteiger partial charge in [0.05, 0.1) is 49.5 Å². The molecule has 1 aliphatic rings. The van der Waals surface area contributed by atoms with Crippen LogP contribution >= 0.6 is 0 Å². The number of aliphatic hydroxyl groups excluding tert-OH is 1. The third-order valence-corrected chi connectivity index (χ3v) is 5.85. The van der Waals surface area contributed by atoms with Gasteiger partial charge >= 0.3 is 11.9 Å². The van der Waals surface area contributed by atoms with E-state index in [4.69, 9.17) is 9.47 Å².